The van der Waals surface area contributed by atoms with E-state index in [9.17, 15) is 9.59 Å². The lowest BCUT2D eigenvalue weighted by Crippen LogP contribution is -2.33. The highest BCUT2D eigenvalue weighted by Gasteiger charge is 2.24. The summed E-state index contributed by atoms with van der Waals surface area (Å²) in [7, 11) is 1.48. The topological polar surface area (TPSA) is 88.9 Å². The van der Waals surface area contributed by atoms with Crippen LogP contribution in [0.5, 0.6) is 11.5 Å². The van der Waals surface area contributed by atoms with Gasteiger partial charge in [-0.15, -0.1) is 0 Å². The summed E-state index contributed by atoms with van der Waals surface area (Å²) in [6, 6.07) is 14.6. The summed E-state index contributed by atoms with van der Waals surface area (Å²) in [6.45, 7) is 0.181. The first-order valence-corrected chi connectivity index (χ1v) is 9.03. The average molecular weight is 392 g/mol. The number of nitriles is 1. The van der Waals surface area contributed by atoms with E-state index in [1.807, 2.05) is 30.3 Å². The number of para-hydroxylation sites is 1. The summed E-state index contributed by atoms with van der Waals surface area (Å²) in [5.41, 5.74) is 2.67. The van der Waals surface area contributed by atoms with E-state index in [2.05, 4.69) is 0 Å². The van der Waals surface area contributed by atoms with Crippen molar-refractivity contribution >= 4 is 23.6 Å². The highest BCUT2D eigenvalue weighted by Crippen LogP contribution is 2.29. The van der Waals surface area contributed by atoms with Crippen LogP contribution in [-0.2, 0) is 20.7 Å². The lowest BCUT2D eigenvalue weighted by molar-refractivity contribution is -0.142. The number of anilines is 1. The van der Waals surface area contributed by atoms with Gasteiger partial charge in [-0.3, -0.25) is 4.79 Å². The number of benzene rings is 2. The van der Waals surface area contributed by atoms with Gasteiger partial charge in [-0.25, -0.2) is 4.79 Å². The summed E-state index contributed by atoms with van der Waals surface area (Å²) in [6.07, 6.45) is 3.59. The van der Waals surface area contributed by atoms with Crippen molar-refractivity contribution < 1.29 is 23.8 Å². The molecule has 0 saturated heterocycles. The van der Waals surface area contributed by atoms with E-state index in [0.717, 1.165) is 17.7 Å². The van der Waals surface area contributed by atoms with Gasteiger partial charge in [0, 0.05) is 18.3 Å². The Morgan fingerprint density at radius 3 is 2.83 bits per heavy atom. The van der Waals surface area contributed by atoms with Gasteiger partial charge in [0.05, 0.1) is 7.11 Å². The number of hydrogen-bond donors (Lipinski definition) is 0. The first-order chi connectivity index (χ1) is 14.1. The van der Waals surface area contributed by atoms with E-state index < -0.39 is 5.97 Å². The maximum atomic E-state index is 12.4. The molecule has 3 rings (SSSR count). The molecule has 1 heterocycles. The minimum Gasteiger partial charge on any atom is -0.493 e. The van der Waals surface area contributed by atoms with Gasteiger partial charge in [0.15, 0.2) is 24.7 Å². The van der Waals surface area contributed by atoms with Crippen LogP contribution in [-0.4, -0.2) is 38.7 Å². The molecular formula is C22H20N2O5. The predicted molar refractivity (Wildman–Crippen MR) is 107 cm³/mol. The van der Waals surface area contributed by atoms with Gasteiger partial charge < -0.3 is 19.1 Å². The number of rotatable bonds is 7. The summed E-state index contributed by atoms with van der Waals surface area (Å²) in [5, 5.41) is 8.59. The molecule has 29 heavy (non-hydrogen) atoms. The molecule has 1 aliphatic heterocycles. The zero-order valence-electron chi connectivity index (χ0n) is 16.0. The van der Waals surface area contributed by atoms with Crippen molar-refractivity contribution in [3.05, 3.63) is 59.7 Å². The SMILES string of the molecule is COc1cc(C=CC(=O)OCC(=O)N2CCc3ccccc32)ccc1OCC#N. The van der Waals surface area contributed by atoms with Crippen LogP contribution in [0.1, 0.15) is 11.1 Å². The Morgan fingerprint density at radius 1 is 1.21 bits per heavy atom. The molecule has 0 radical (unpaired) electrons. The van der Waals surface area contributed by atoms with E-state index in [0.29, 0.717) is 23.6 Å². The third-order valence-electron chi connectivity index (χ3n) is 4.42. The van der Waals surface area contributed by atoms with Crippen molar-refractivity contribution in [2.24, 2.45) is 0 Å². The molecule has 7 heteroatoms. The molecule has 1 amide bonds. The van der Waals surface area contributed by atoms with Crippen LogP contribution in [0.3, 0.4) is 0 Å². The Labute approximate surface area is 168 Å². The molecule has 0 N–H and O–H groups in total. The largest absolute Gasteiger partial charge is 0.493 e. The molecule has 2 aromatic rings. The summed E-state index contributed by atoms with van der Waals surface area (Å²) in [5.74, 6) is 0.0101. The van der Waals surface area contributed by atoms with E-state index >= 15 is 0 Å². The Bertz CT molecular complexity index is 977. The quantitative estimate of drug-likeness (QED) is 0.532. The fourth-order valence-corrected chi connectivity index (χ4v) is 3.04. The molecule has 0 aliphatic carbocycles. The van der Waals surface area contributed by atoms with Crippen LogP contribution in [0.15, 0.2) is 48.5 Å². The number of methoxy groups -OCH3 is 1. The first-order valence-electron chi connectivity index (χ1n) is 9.03. The molecule has 0 aromatic heterocycles. The predicted octanol–water partition coefficient (Wildman–Crippen LogP) is 2.74. The minimum absolute atomic E-state index is 0.0899. The number of fused-ring (bicyclic) bond motifs is 1. The average Bonchev–Trinajstić information content (AvgIpc) is 3.19. The fraction of sp³-hybridized carbons (Fsp3) is 0.227. The normalized spacial score (nSPS) is 12.3. The fourth-order valence-electron chi connectivity index (χ4n) is 3.04. The number of ether oxygens (including phenoxy) is 3. The lowest BCUT2D eigenvalue weighted by atomic mass is 10.2. The Kier molecular flexibility index (Phi) is 6.48. The zero-order valence-corrected chi connectivity index (χ0v) is 16.0. The second kappa shape index (κ2) is 9.42. The standard InChI is InChI=1S/C22H20N2O5/c1-27-20-14-16(6-8-19(20)28-13-11-23)7-9-22(26)29-15-21(25)24-12-10-17-4-2-3-5-18(17)24/h2-9,14H,10,12-13,15H2,1H3. The molecule has 0 spiro atoms. The van der Waals surface area contributed by atoms with Crippen molar-refractivity contribution in [1.29, 1.82) is 5.26 Å². The molecule has 0 atom stereocenters. The van der Waals surface area contributed by atoms with Gasteiger partial charge in [-0.1, -0.05) is 24.3 Å². The van der Waals surface area contributed by atoms with Gasteiger partial charge >= 0.3 is 5.97 Å². The molecule has 1 aliphatic rings. The van der Waals surface area contributed by atoms with E-state index in [1.165, 1.54) is 13.2 Å². The van der Waals surface area contributed by atoms with Gasteiger partial charge in [0.25, 0.3) is 5.91 Å². The summed E-state index contributed by atoms with van der Waals surface area (Å²) in [4.78, 5) is 26.0. The van der Waals surface area contributed by atoms with Crippen LogP contribution < -0.4 is 14.4 Å². The monoisotopic (exact) mass is 392 g/mol. The second-order valence-electron chi connectivity index (χ2n) is 6.22. The molecule has 148 valence electrons. The second-order valence-corrected chi connectivity index (χ2v) is 6.22. The summed E-state index contributed by atoms with van der Waals surface area (Å²) < 4.78 is 15.5. The summed E-state index contributed by atoms with van der Waals surface area (Å²) >= 11 is 0. The molecular weight excluding hydrogens is 372 g/mol. The number of hydrogen-bond acceptors (Lipinski definition) is 6. The molecule has 0 bridgehead atoms. The third kappa shape index (κ3) is 4.93. The van der Waals surface area contributed by atoms with Crippen LogP contribution in [0.4, 0.5) is 5.69 Å². The zero-order chi connectivity index (χ0) is 20.6. The molecule has 0 saturated carbocycles. The maximum Gasteiger partial charge on any atom is 0.331 e. The van der Waals surface area contributed by atoms with Gasteiger partial charge in [0.1, 0.15) is 6.07 Å². The van der Waals surface area contributed by atoms with Crippen LogP contribution in [0.25, 0.3) is 6.08 Å². The molecule has 0 unspecified atom stereocenters. The molecule has 0 fully saturated rings. The van der Waals surface area contributed by atoms with Crippen molar-refractivity contribution in [2.45, 2.75) is 6.42 Å². The maximum absolute atomic E-state index is 12.4. The van der Waals surface area contributed by atoms with Crippen molar-refractivity contribution in [1.82, 2.24) is 0 Å². The molecule has 7 nitrogen and oxygen atoms in total. The van der Waals surface area contributed by atoms with E-state index in [-0.39, 0.29) is 19.1 Å². The molecule has 2 aromatic carbocycles. The number of carbonyl (C=O) groups is 2. The number of carbonyl (C=O) groups excluding carboxylic acids is 2. The van der Waals surface area contributed by atoms with E-state index in [4.69, 9.17) is 19.5 Å². The van der Waals surface area contributed by atoms with E-state index in [1.54, 1.807) is 29.2 Å². The van der Waals surface area contributed by atoms with Gasteiger partial charge in [0.2, 0.25) is 0 Å². The Hall–Kier alpha value is -3.79. The Balaban J connectivity index is 1.55. The highest BCUT2D eigenvalue weighted by atomic mass is 16.5. The van der Waals surface area contributed by atoms with Crippen molar-refractivity contribution in [2.75, 3.05) is 31.8 Å². The lowest BCUT2D eigenvalue weighted by Gasteiger charge is -2.16. The third-order valence-corrected chi connectivity index (χ3v) is 4.42. The van der Waals surface area contributed by atoms with Crippen LogP contribution in [0.2, 0.25) is 0 Å². The number of amides is 1. The van der Waals surface area contributed by atoms with Crippen LogP contribution >= 0.6 is 0 Å². The number of esters is 1. The van der Waals surface area contributed by atoms with Crippen LogP contribution in [0, 0.1) is 11.3 Å². The minimum atomic E-state index is -0.616. The van der Waals surface area contributed by atoms with Gasteiger partial charge in [-0.2, -0.15) is 5.26 Å². The van der Waals surface area contributed by atoms with Gasteiger partial charge in [-0.05, 0) is 41.8 Å². The van der Waals surface area contributed by atoms with Crippen molar-refractivity contribution in [3.8, 4) is 17.6 Å². The highest BCUT2D eigenvalue weighted by molar-refractivity contribution is 5.98. The number of nitrogens with zero attached hydrogens (tertiary/aromatic N) is 2. The van der Waals surface area contributed by atoms with Crippen molar-refractivity contribution in [3.63, 3.8) is 0 Å². The smallest absolute Gasteiger partial charge is 0.331 e. The Morgan fingerprint density at radius 2 is 2.03 bits per heavy atom. The first kappa shape index (κ1) is 20.0.